The molecule has 2 heterocycles. The fourth-order valence-electron chi connectivity index (χ4n) is 4.46. The number of hydrogen-bond donors (Lipinski definition) is 0. The van der Waals surface area contributed by atoms with Crippen LogP contribution < -0.4 is 9.80 Å². The molecule has 2 aliphatic heterocycles. The first-order valence-corrected chi connectivity index (χ1v) is 11.4. The molecule has 3 aromatic carbocycles. The zero-order valence-corrected chi connectivity index (χ0v) is 17.4. The lowest BCUT2D eigenvalue weighted by Gasteiger charge is -2.32. The Morgan fingerprint density at radius 1 is 0.875 bits per heavy atom. The fourth-order valence-corrected chi connectivity index (χ4v) is 6.49. The summed E-state index contributed by atoms with van der Waals surface area (Å²) in [6.45, 7) is -0.0870. The van der Waals surface area contributed by atoms with Gasteiger partial charge in [0, 0.05) is 11.3 Å². The molecule has 3 aromatic rings. The molecule has 162 valence electrons. The topological polar surface area (TPSA) is 74.8 Å². The highest BCUT2D eigenvalue weighted by Crippen LogP contribution is 2.52. The fraction of sp³-hybridized carbons (Fsp3) is 0.130. The van der Waals surface area contributed by atoms with E-state index in [1.807, 2.05) is 0 Å². The second-order valence-electron chi connectivity index (χ2n) is 7.65. The van der Waals surface area contributed by atoms with Gasteiger partial charge in [-0.05, 0) is 48.0 Å². The van der Waals surface area contributed by atoms with Gasteiger partial charge < -0.3 is 4.90 Å². The number of anilines is 2. The molecule has 1 fully saturated rings. The number of nitrogens with zero attached hydrogens (tertiary/aromatic N) is 2. The number of amides is 2. The molecule has 1 atom stereocenters. The number of carbonyl (C=O) groups excluding carboxylic acids is 2. The van der Waals surface area contributed by atoms with Gasteiger partial charge in [-0.2, -0.15) is 0 Å². The monoisotopic (exact) mass is 454 g/mol. The largest absolute Gasteiger partial charge is 0.304 e. The normalized spacial score (nSPS) is 21.4. The van der Waals surface area contributed by atoms with Crippen LogP contribution in [-0.4, -0.2) is 26.0 Å². The molecular formula is C23H16F2N2O4S. The predicted octanol–water partition coefficient (Wildman–Crippen LogP) is 3.13. The minimum absolute atomic E-state index is 0.0870. The van der Waals surface area contributed by atoms with E-state index < -0.39 is 43.9 Å². The molecular weight excluding hydrogens is 438 g/mol. The van der Waals surface area contributed by atoms with Gasteiger partial charge in [-0.3, -0.25) is 14.5 Å². The molecule has 0 radical (unpaired) electrons. The smallest absolute Gasteiger partial charge is 0.274 e. The van der Waals surface area contributed by atoms with Crippen molar-refractivity contribution in [1.29, 1.82) is 0 Å². The van der Waals surface area contributed by atoms with E-state index in [4.69, 9.17) is 0 Å². The third kappa shape index (κ3) is 2.70. The van der Waals surface area contributed by atoms with Gasteiger partial charge in [0.05, 0.1) is 12.2 Å². The summed E-state index contributed by atoms with van der Waals surface area (Å²) in [7, 11) is -4.32. The number of rotatable bonds is 3. The minimum atomic E-state index is -4.32. The standard InChI is InChI=1S/C23H16F2N2O4S/c24-16-8-10-18(11-9-16)27-21(28)14-32(30,31)23(27)19-6-1-2-7-20(19)26(22(23)29)13-15-4-3-5-17(25)12-15/h1-12H,13-14H2. The maximum absolute atomic E-state index is 13.9. The Morgan fingerprint density at radius 2 is 1.59 bits per heavy atom. The van der Waals surface area contributed by atoms with Gasteiger partial charge in [0.15, 0.2) is 9.84 Å². The SMILES string of the molecule is O=C1CS(=O)(=O)C2(C(=O)N(Cc3cccc(F)c3)c3ccccc32)N1c1ccc(F)cc1. The van der Waals surface area contributed by atoms with Gasteiger partial charge in [0.25, 0.3) is 10.8 Å². The molecule has 0 N–H and O–H groups in total. The van der Waals surface area contributed by atoms with Crippen LogP contribution in [0.1, 0.15) is 11.1 Å². The Bertz CT molecular complexity index is 1370. The highest BCUT2D eigenvalue weighted by atomic mass is 32.2. The van der Waals surface area contributed by atoms with Crippen LogP contribution in [0.15, 0.2) is 72.8 Å². The number of halogens is 2. The first-order chi connectivity index (χ1) is 15.3. The van der Waals surface area contributed by atoms with Gasteiger partial charge in [-0.25, -0.2) is 17.2 Å². The zero-order chi connectivity index (χ0) is 22.7. The first kappa shape index (κ1) is 20.3. The summed E-state index contributed by atoms with van der Waals surface area (Å²) in [5.74, 6) is -3.54. The molecule has 32 heavy (non-hydrogen) atoms. The second kappa shape index (κ2) is 6.96. The number of carbonyl (C=O) groups is 2. The third-order valence-corrected chi connectivity index (χ3v) is 7.84. The van der Waals surface area contributed by atoms with Crippen molar-refractivity contribution in [3.8, 4) is 0 Å². The van der Waals surface area contributed by atoms with Crippen molar-refractivity contribution in [1.82, 2.24) is 0 Å². The minimum Gasteiger partial charge on any atom is -0.304 e. The number of para-hydroxylation sites is 1. The van der Waals surface area contributed by atoms with Crippen LogP contribution in [0.2, 0.25) is 0 Å². The summed E-state index contributed by atoms with van der Waals surface area (Å²) < 4.78 is 54.1. The molecule has 0 aromatic heterocycles. The highest BCUT2D eigenvalue weighted by molar-refractivity contribution is 7.94. The van der Waals surface area contributed by atoms with E-state index in [0.29, 0.717) is 11.3 Å². The van der Waals surface area contributed by atoms with E-state index in [0.717, 1.165) is 17.0 Å². The number of hydrogen-bond acceptors (Lipinski definition) is 4. The summed E-state index contributed by atoms with van der Waals surface area (Å²) in [4.78, 5) is 26.7. The van der Waals surface area contributed by atoms with Crippen LogP contribution in [0.4, 0.5) is 20.2 Å². The van der Waals surface area contributed by atoms with Crippen molar-refractivity contribution in [3.63, 3.8) is 0 Å². The van der Waals surface area contributed by atoms with Gasteiger partial charge in [-0.15, -0.1) is 0 Å². The van der Waals surface area contributed by atoms with E-state index in [1.54, 1.807) is 24.3 Å². The quantitative estimate of drug-likeness (QED) is 0.610. The van der Waals surface area contributed by atoms with Crippen molar-refractivity contribution >= 4 is 33.0 Å². The van der Waals surface area contributed by atoms with E-state index in [2.05, 4.69) is 0 Å². The predicted molar refractivity (Wildman–Crippen MR) is 113 cm³/mol. The van der Waals surface area contributed by atoms with Gasteiger partial charge >= 0.3 is 0 Å². The van der Waals surface area contributed by atoms with E-state index >= 15 is 0 Å². The maximum Gasteiger partial charge on any atom is 0.274 e. The van der Waals surface area contributed by atoms with Crippen LogP contribution in [0, 0.1) is 11.6 Å². The third-order valence-electron chi connectivity index (χ3n) is 5.74. The van der Waals surface area contributed by atoms with Crippen LogP contribution in [0.3, 0.4) is 0 Å². The average Bonchev–Trinajstić information content (AvgIpc) is 3.12. The molecule has 0 aliphatic carbocycles. The molecule has 2 amide bonds. The Morgan fingerprint density at radius 3 is 2.31 bits per heavy atom. The van der Waals surface area contributed by atoms with Crippen molar-refractivity contribution in [2.24, 2.45) is 0 Å². The van der Waals surface area contributed by atoms with Crippen molar-refractivity contribution in [2.75, 3.05) is 15.6 Å². The lowest BCUT2D eigenvalue weighted by Crippen LogP contribution is -2.54. The summed E-state index contributed by atoms with van der Waals surface area (Å²) in [6.07, 6.45) is 0. The highest BCUT2D eigenvalue weighted by Gasteiger charge is 2.69. The van der Waals surface area contributed by atoms with Crippen LogP contribution >= 0.6 is 0 Å². The lowest BCUT2D eigenvalue weighted by molar-refractivity contribution is -0.123. The number of benzene rings is 3. The molecule has 1 spiro atoms. The number of fused-ring (bicyclic) bond motifs is 2. The van der Waals surface area contributed by atoms with E-state index in [1.165, 1.54) is 41.3 Å². The summed E-state index contributed by atoms with van der Waals surface area (Å²) in [6, 6.07) is 16.7. The Labute approximate surface area is 182 Å². The second-order valence-corrected chi connectivity index (χ2v) is 9.76. The van der Waals surface area contributed by atoms with Crippen molar-refractivity contribution in [2.45, 2.75) is 11.4 Å². The molecule has 1 unspecified atom stereocenters. The Hall–Kier alpha value is -3.59. The maximum atomic E-state index is 13.9. The van der Waals surface area contributed by atoms with Gasteiger partial charge in [0.1, 0.15) is 17.4 Å². The van der Waals surface area contributed by atoms with Crippen LogP contribution in [-0.2, 0) is 30.8 Å². The van der Waals surface area contributed by atoms with Crippen LogP contribution in [0.5, 0.6) is 0 Å². The Balaban J connectivity index is 1.73. The molecule has 0 bridgehead atoms. The first-order valence-electron chi connectivity index (χ1n) is 9.72. The van der Waals surface area contributed by atoms with E-state index in [-0.39, 0.29) is 17.8 Å². The summed E-state index contributed by atoms with van der Waals surface area (Å²) in [5.41, 5.74) is 0.997. The number of sulfone groups is 1. The van der Waals surface area contributed by atoms with Crippen molar-refractivity contribution < 1.29 is 26.8 Å². The molecule has 2 aliphatic rings. The van der Waals surface area contributed by atoms with Crippen LogP contribution in [0.25, 0.3) is 0 Å². The molecule has 1 saturated heterocycles. The summed E-state index contributed by atoms with van der Waals surface area (Å²) >= 11 is 0. The average molecular weight is 454 g/mol. The lowest BCUT2D eigenvalue weighted by atomic mass is 10.0. The summed E-state index contributed by atoms with van der Waals surface area (Å²) in [5, 5.41) is 0. The Kier molecular flexibility index (Phi) is 4.42. The molecule has 6 nitrogen and oxygen atoms in total. The molecule has 9 heteroatoms. The van der Waals surface area contributed by atoms with E-state index in [9.17, 15) is 26.8 Å². The molecule has 0 saturated carbocycles. The molecule has 5 rings (SSSR count). The van der Waals surface area contributed by atoms with Crippen molar-refractivity contribution in [3.05, 3.63) is 95.6 Å². The van der Waals surface area contributed by atoms with Gasteiger partial charge in [-0.1, -0.05) is 30.3 Å². The zero-order valence-electron chi connectivity index (χ0n) is 16.5. The van der Waals surface area contributed by atoms with Gasteiger partial charge in [0.2, 0.25) is 5.91 Å².